The van der Waals surface area contributed by atoms with E-state index in [1.165, 1.54) is 10.7 Å². The zero-order chi connectivity index (χ0) is 20.1. The highest BCUT2D eigenvalue weighted by Crippen LogP contribution is 2.40. The Kier molecular flexibility index (Phi) is 4.32. The average Bonchev–Trinajstić information content (AvgIpc) is 3.37. The summed E-state index contributed by atoms with van der Waals surface area (Å²) in [7, 11) is 0. The van der Waals surface area contributed by atoms with Crippen molar-refractivity contribution in [3.8, 4) is 11.3 Å². The van der Waals surface area contributed by atoms with Gasteiger partial charge in [0.25, 0.3) is 5.91 Å². The van der Waals surface area contributed by atoms with Crippen LogP contribution in [0.4, 0.5) is 13.2 Å². The monoisotopic (exact) mass is 389 g/mol. The lowest BCUT2D eigenvalue weighted by Gasteiger charge is -2.21. The summed E-state index contributed by atoms with van der Waals surface area (Å²) in [6.45, 7) is 3.67. The number of pyridine rings is 1. The van der Waals surface area contributed by atoms with E-state index < -0.39 is 24.0 Å². The van der Waals surface area contributed by atoms with Crippen LogP contribution < -0.4 is 5.32 Å². The number of carbonyl (C=O) groups excluding carboxylic acids is 1. The molecule has 6 nitrogen and oxygen atoms in total. The molecule has 0 spiro atoms. The predicted octanol–water partition coefficient (Wildman–Crippen LogP) is 3.48. The van der Waals surface area contributed by atoms with Gasteiger partial charge < -0.3 is 5.32 Å². The molecular weight excluding hydrogens is 371 g/mol. The van der Waals surface area contributed by atoms with Crippen molar-refractivity contribution in [2.75, 3.05) is 0 Å². The molecule has 0 bridgehead atoms. The van der Waals surface area contributed by atoms with Crippen molar-refractivity contribution in [3.63, 3.8) is 0 Å². The molecule has 1 N–H and O–H groups in total. The Morgan fingerprint density at radius 1 is 1.21 bits per heavy atom. The third-order valence-electron chi connectivity index (χ3n) is 4.82. The number of halogens is 3. The van der Waals surface area contributed by atoms with Gasteiger partial charge >= 0.3 is 6.18 Å². The molecule has 0 unspecified atom stereocenters. The van der Waals surface area contributed by atoms with Crippen LogP contribution in [0.25, 0.3) is 16.9 Å². The van der Waals surface area contributed by atoms with Gasteiger partial charge in [0.1, 0.15) is 6.04 Å². The molecule has 3 aromatic rings. The van der Waals surface area contributed by atoms with Crippen LogP contribution in [-0.2, 0) is 0 Å². The Bertz CT molecular complexity index is 1040. The van der Waals surface area contributed by atoms with Gasteiger partial charge in [-0.15, -0.1) is 0 Å². The molecule has 1 saturated carbocycles. The number of alkyl halides is 3. The maximum Gasteiger partial charge on any atom is 0.408 e. The minimum atomic E-state index is -4.49. The lowest BCUT2D eigenvalue weighted by atomic mass is 10.1. The van der Waals surface area contributed by atoms with Crippen molar-refractivity contribution in [1.82, 2.24) is 24.9 Å². The van der Waals surface area contributed by atoms with E-state index in [1.54, 1.807) is 19.2 Å². The van der Waals surface area contributed by atoms with E-state index in [9.17, 15) is 18.0 Å². The van der Waals surface area contributed by atoms with Crippen LogP contribution in [0.2, 0.25) is 0 Å². The van der Waals surface area contributed by atoms with Gasteiger partial charge in [0, 0.05) is 17.5 Å². The number of nitrogens with one attached hydrogen (secondary N) is 1. The maximum atomic E-state index is 13.2. The molecule has 0 aromatic carbocycles. The molecule has 9 heteroatoms. The summed E-state index contributed by atoms with van der Waals surface area (Å²) in [6.07, 6.45) is -0.660. The Labute approximate surface area is 158 Å². The van der Waals surface area contributed by atoms with Crippen LogP contribution in [0.15, 0.2) is 30.6 Å². The number of amides is 1. The molecule has 0 radical (unpaired) electrons. The standard InChI is InChI=1S/C19H18F3N5O/c1-10-7-14(13-4-3-11(2)23-8-13)26-27-15(9-24-17(10)27)18(28)25-16(12-5-6-12)19(20,21)22/h3-4,7-9,12,16H,5-6H2,1-2H3,(H,25,28)/t16-/m1/s1. The van der Waals surface area contributed by atoms with Crippen LogP contribution >= 0.6 is 0 Å². The second-order valence-corrected chi connectivity index (χ2v) is 7.11. The van der Waals surface area contributed by atoms with Crippen LogP contribution in [-0.4, -0.2) is 37.7 Å². The molecule has 146 valence electrons. The quantitative estimate of drug-likeness (QED) is 0.742. The fraction of sp³-hybridized carbons (Fsp3) is 0.368. The van der Waals surface area contributed by atoms with E-state index in [0.29, 0.717) is 24.2 Å². The summed E-state index contributed by atoms with van der Waals surface area (Å²) in [5.74, 6) is -1.40. The van der Waals surface area contributed by atoms with Crippen molar-refractivity contribution < 1.29 is 18.0 Å². The molecule has 1 fully saturated rings. The van der Waals surface area contributed by atoms with E-state index in [2.05, 4.69) is 20.4 Å². The number of aromatic nitrogens is 4. The predicted molar refractivity (Wildman–Crippen MR) is 95.7 cm³/mol. The topological polar surface area (TPSA) is 72.2 Å². The molecule has 1 atom stereocenters. The van der Waals surface area contributed by atoms with Crippen LogP contribution in [0.5, 0.6) is 0 Å². The van der Waals surface area contributed by atoms with E-state index in [0.717, 1.165) is 16.8 Å². The van der Waals surface area contributed by atoms with Crippen LogP contribution in [0.3, 0.4) is 0 Å². The molecular formula is C19H18F3N5O. The number of carbonyl (C=O) groups is 1. The van der Waals surface area contributed by atoms with Crippen molar-refractivity contribution in [2.45, 2.75) is 38.9 Å². The van der Waals surface area contributed by atoms with Crippen molar-refractivity contribution in [2.24, 2.45) is 5.92 Å². The lowest BCUT2D eigenvalue weighted by molar-refractivity contribution is -0.158. The number of aryl methyl sites for hydroxylation is 2. The largest absolute Gasteiger partial charge is 0.408 e. The molecule has 28 heavy (non-hydrogen) atoms. The number of rotatable bonds is 4. The summed E-state index contributed by atoms with van der Waals surface area (Å²) in [4.78, 5) is 21.0. The summed E-state index contributed by atoms with van der Waals surface area (Å²) < 4.78 is 41.0. The first-order chi connectivity index (χ1) is 13.2. The van der Waals surface area contributed by atoms with E-state index in [4.69, 9.17) is 0 Å². The van der Waals surface area contributed by atoms with E-state index >= 15 is 0 Å². The van der Waals surface area contributed by atoms with Crippen LogP contribution in [0.1, 0.15) is 34.6 Å². The number of hydrogen-bond acceptors (Lipinski definition) is 4. The van der Waals surface area contributed by atoms with Gasteiger partial charge in [0.2, 0.25) is 0 Å². The number of hydrogen-bond donors (Lipinski definition) is 1. The summed E-state index contributed by atoms with van der Waals surface area (Å²) >= 11 is 0. The molecule has 0 aliphatic heterocycles. The van der Waals surface area contributed by atoms with Crippen molar-refractivity contribution >= 4 is 11.6 Å². The van der Waals surface area contributed by atoms with Crippen molar-refractivity contribution in [1.29, 1.82) is 0 Å². The SMILES string of the molecule is Cc1ccc(-c2cc(C)c3ncc(C(=O)N[C@H](C4CC4)C(F)(F)F)n3n2)cn1. The lowest BCUT2D eigenvalue weighted by Crippen LogP contribution is -2.47. The minimum Gasteiger partial charge on any atom is -0.339 e. The Morgan fingerprint density at radius 2 is 1.96 bits per heavy atom. The molecule has 1 aliphatic carbocycles. The molecule has 1 aliphatic rings. The molecule has 3 heterocycles. The smallest absolute Gasteiger partial charge is 0.339 e. The summed E-state index contributed by atoms with van der Waals surface area (Å²) in [5.41, 5.74) is 3.28. The first kappa shape index (κ1) is 18.4. The fourth-order valence-electron chi connectivity index (χ4n) is 3.15. The van der Waals surface area contributed by atoms with Gasteiger partial charge in [-0.2, -0.15) is 18.3 Å². The third-order valence-corrected chi connectivity index (χ3v) is 4.82. The molecule has 4 rings (SSSR count). The Hall–Kier alpha value is -2.97. The van der Waals surface area contributed by atoms with Gasteiger partial charge in [-0.25, -0.2) is 9.50 Å². The summed E-state index contributed by atoms with van der Waals surface area (Å²) in [5, 5.41) is 6.54. The molecule has 3 aromatic heterocycles. The average molecular weight is 389 g/mol. The van der Waals surface area contributed by atoms with E-state index in [1.807, 2.05) is 19.1 Å². The normalized spacial score (nSPS) is 15.6. The first-order valence-corrected chi connectivity index (χ1v) is 8.90. The Morgan fingerprint density at radius 3 is 2.57 bits per heavy atom. The maximum absolute atomic E-state index is 13.2. The molecule has 1 amide bonds. The van der Waals surface area contributed by atoms with Gasteiger partial charge in [0.05, 0.1) is 11.9 Å². The van der Waals surface area contributed by atoms with Crippen molar-refractivity contribution in [3.05, 3.63) is 47.5 Å². The minimum absolute atomic E-state index is 0.0325. The van der Waals surface area contributed by atoms with Gasteiger partial charge in [0.15, 0.2) is 11.3 Å². The number of imidazole rings is 1. The second-order valence-electron chi connectivity index (χ2n) is 7.11. The third kappa shape index (κ3) is 3.44. The van der Waals surface area contributed by atoms with E-state index in [-0.39, 0.29) is 5.69 Å². The molecule has 0 saturated heterocycles. The zero-order valence-corrected chi connectivity index (χ0v) is 15.3. The Balaban J connectivity index is 1.71. The fourth-order valence-corrected chi connectivity index (χ4v) is 3.15. The highest BCUT2D eigenvalue weighted by atomic mass is 19.4. The van der Waals surface area contributed by atoms with Gasteiger partial charge in [-0.3, -0.25) is 9.78 Å². The highest BCUT2D eigenvalue weighted by Gasteiger charge is 2.49. The highest BCUT2D eigenvalue weighted by molar-refractivity contribution is 5.93. The summed E-state index contributed by atoms with van der Waals surface area (Å²) in [6, 6.07) is 3.64. The first-order valence-electron chi connectivity index (χ1n) is 8.90. The zero-order valence-electron chi connectivity index (χ0n) is 15.3. The second kappa shape index (κ2) is 6.57. The number of fused-ring (bicyclic) bond motifs is 1. The number of nitrogens with zero attached hydrogens (tertiary/aromatic N) is 4. The van der Waals surface area contributed by atoms with Gasteiger partial charge in [-0.05, 0) is 56.4 Å². The van der Waals surface area contributed by atoms with Gasteiger partial charge in [-0.1, -0.05) is 0 Å². The van der Waals surface area contributed by atoms with Crippen LogP contribution in [0, 0.1) is 19.8 Å².